The van der Waals surface area contributed by atoms with E-state index in [4.69, 9.17) is 0 Å². The lowest BCUT2D eigenvalue weighted by atomic mass is 9.68. The van der Waals surface area contributed by atoms with Crippen molar-refractivity contribution in [2.45, 2.75) is 50.6 Å². The zero-order valence-corrected chi connectivity index (χ0v) is 23.7. The molecule has 1 N–H and O–H groups in total. The second kappa shape index (κ2) is 10.7. The maximum absolute atomic E-state index is 14.2. The summed E-state index contributed by atoms with van der Waals surface area (Å²) in [6.07, 6.45) is 6.52. The highest BCUT2D eigenvalue weighted by Crippen LogP contribution is 2.51. The molecule has 1 aliphatic heterocycles. The highest BCUT2D eigenvalue weighted by atomic mass is 19.1. The zero-order chi connectivity index (χ0) is 27.9. The molecule has 1 aliphatic carbocycles. The summed E-state index contributed by atoms with van der Waals surface area (Å²) in [5.41, 5.74) is 6.16. The average Bonchev–Trinajstić information content (AvgIpc) is 3.34. The van der Waals surface area contributed by atoms with Crippen LogP contribution in [0.3, 0.4) is 0 Å². The second-order valence-corrected chi connectivity index (χ2v) is 11.8. The van der Waals surface area contributed by atoms with E-state index in [1.165, 1.54) is 22.7 Å². The minimum atomic E-state index is -0.384. The van der Waals surface area contributed by atoms with Crippen LogP contribution in [-0.2, 0) is 16.8 Å². The normalized spacial score (nSPS) is 22.1. The quantitative estimate of drug-likeness (QED) is 0.269. The Kier molecular flexibility index (Phi) is 7.09. The number of fused-ring (bicyclic) bond motifs is 4. The molecule has 4 nitrogen and oxygen atoms in total. The molecule has 1 fully saturated rings. The van der Waals surface area contributed by atoms with Gasteiger partial charge in [-0.3, -0.25) is 4.79 Å². The lowest BCUT2D eigenvalue weighted by Gasteiger charge is -2.52. The molecule has 1 saturated carbocycles. The summed E-state index contributed by atoms with van der Waals surface area (Å²) in [6.45, 7) is 2.65. The Morgan fingerprint density at radius 2 is 1.75 bits per heavy atom. The maximum Gasteiger partial charge on any atom is 0.250 e. The number of para-hydroxylation sites is 1. The summed E-state index contributed by atoms with van der Waals surface area (Å²) in [5, 5.41) is 1.27. The number of halogens is 1. The van der Waals surface area contributed by atoms with Crippen LogP contribution in [0, 0.1) is 11.7 Å². The Labute approximate surface area is 236 Å². The fraction of sp³-hybridized carbons (Fsp3) is 0.343. The topological polar surface area (TPSA) is 39.3 Å². The summed E-state index contributed by atoms with van der Waals surface area (Å²) in [6, 6.07) is 25.8. The molecular formula is C35H38FN3O. The number of H-pyrrole nitrogens is 1. The number of hydrogen-bond acceptors (Lipinski definition) is 2. The third-order valence-electron chi connectivity index (χ3n) is 9.20. The molecule has 1 unspecified atom stereocenters. The van der Waals surface area contributed by atoms with Gasteiger partial charge in [-0.2, -0.15) is 0 Å². The van der Waals surface area contributed by atoms with Gasteiger partial charge in [-0.1, -0.05) is 60.7 Å². The van der Waals surface area contributed by atoms with Crippen molar-refractivity contribution in [2.24, 2.45) is 5.92 Å². The molecule has 40 heavy (non-hydrogen) atoms. The lowest BCUT2D eigenvalue weighted by molar-refractivity contribution is -0.137. The maximum atomic E-state index is 14.2. The van der Waals surface area contributed by atoms with Crippen molar-refractivity contribution in [3.8, 4) is 0 Å². The van der Waals surface area contributed by atoms with Gasteiger partial charge in [-0.25, -0.2) is 4.39 Å². The van der Waals surface area contributed by atoms with E-state index in [1.54, 1.807) is 6.07 Å². The number of carbonyl (C=O) groups excluding carboxylic acids is 1. The van der Waals surface area contributed by atoms with E-state index >= 15 is 0 Å². The lowest BCUT2D eigenvalue weighted by Crippen LogP contribution is -2.55. The SMILES string of the molecule is CC(=Cc1ccccc1)C(=O)N1CCc2c([nH]c3ccccc23)C12CCC(C(c1cccc(F)c1)N(C)C)CC2. The summed E-state index contributed by atoms with van der Waals surface area (Å²) >= 11 is 0. The smallest absolute Gasteiger partial charge is 0.250 e. The van der Waals surface area contributed by atoms with E-state index in [0.29, 0.717) is 12.5 Å². The number of nitrogens with zero attached hydrogens (tertiary/aromatic N) is 2. The van der Waals surface area contributed by atoms with Gasteiger partial charge in [0.1, 0.15) is 5.82 Å². The van der Waals surface area contributed by atoms with Crippen molar-refractivity contribution >= 4 is 22.9 Å². The highest BCUT2D eigenvalue weighted by molar-refractivity contribution is 5.98. The van der Waals surface area contributed by atoms with E-state index in [9.17, 15) is 9.18 Å². The predicted molar refractivity (Wildman–Crippen MR) is 160 cm³/mol. The molecule has 4 aromatic rings. The molecule has 2 heterocycles. The molecule has 2 aliphatic rings. The molecule has 3 aromatic carbocycles. The Morgan fingerprint density at radius 3 is 2.48 bits per heavy atom. The van der Waals surface area contributed by atoms with Crippen molar-refractivity contribution in [1.29, 1.82) is 0 Å². The number of rotatable bonds is 5. The van der Waals surface area contributed by atoms with E-state index < -0.39 is 0 Å². The third kappa shape index (κ3) is 4.66. The molecule has 5 heteroatoms. The van der Waals surface area contributed by atoms with Gasteiger partial charge in [-0.15, -0.1) is 0 Å². The van der Waals surface area contributed by atoms with Crippen LogP contribution in [0.15, 0.2) is 84.4 Å². The molecular weight excluding hydrogens is 497 g/mol. The van der Waals surface area contributed by atoms with Crippen LogP contribution < -0.4 is 0 Å². The molecule has 206 valence electrons. The summed E-state index contributed by atoms with van der Waals surface area (Å²) < 4.78 is 14.2. The first-order valence-corrected chi connectivity index (χ1v) is 14.4. The fourth-order valence-corrected chi connectivity index (χ4v) is 7.44. The molecule has 1 aromatic heterocycles. The van der Waals surface area contributed by atoms with E-state index in [1.807, 2.05) is 55.5 Å². The summed E-state index contributed by atoms with van der Waals surface area (Å²) in [5.74, 6) is 0.292. The Bertz CT molecular complexity index is 1550. The van der Waals surface area contributed by atoms with Gasteiger partial charge in [-0.05, 0) is 100 Å². The first-order chi connectivity index (χ1) is 19.4. The second-order valence-electron chi connectivity index (χ2n) is 11.8. The molecule has 1 amide bonds. The number of aromatic nitrogens is 1. The van der Waals surface area contributed by atoms with Crippen LogP contribution in [0.5, 0.6) is 0 Å². The van der Waals surface area contributed by atoms with Crippen molar-refractivity contribution < 1.29 is 9.18 Å². The third-order valence-corrected chi connectivity index (χ3v) is 9.20. The predicted octanol–water partition coefficient (Wildman–Crippen LogP) is 7.48. The van der Waals surface area contributed by atoms with Crippen LogP contribution in [0.25, 0.3) is 17.0 Å². The molecule has 1 spiro atoms. The fourth-order valence-electron chi connectivity index (χ4n) is 7.44. The van der Waals surface area contributed by atoms with Crippen molar-refractivity contribution in [3.63, 3.8) is 0 Å². The molecule has 1 atom stereocenters. The number of carbonyl (C=O) groups is 1. The molecule has 0 saturated heterocycles. The minimum Gasteiger partial charge on any atom is -0.356 e. The van der Waals surface area contributed by atoms with Gasteiger partial charge >= 0.3 is 0 Å². The van der Waals surface area contributed by atoms with Gasteiger partial charge < -0.3 is 14.8 Å². The highest BCUT2D eigenvalue weighted by Gasteiger charge is 2.49. The first kappa shape index (κ1) is 26.5. The van der Waals surface area contributed by atoms with Crippen LogP contribution >= 0.6 is 0 Å². The van der Waals surface area contributed by atoms with Gasteiger partial charge in [0.25, 0.3) is 0 Å². The van der Waals surface area contributed by atoms with Crippen molar-refractivity contribution in [2.75, 3.05) is 20.6 Å². The monoisotopic (exact) mass is 535 g/mol. The summed E-state index contributed by atoms with van der Waals surface area (Å²) in [7, 11) is 4.17. The van der Waals surface area contributed by atoms with Crippen molar-refractivity contribution in [3.05, 3.63) is 113 Å². The van der Waals surface area contributed by atoms with E-state index in [2.05, 4.69) is 53.1 Å². The molecule has 0 radical (unpaired) electrons. The van der Waals surface area contributed by atoms with Gasteiger partial charge in [0.05, 0.1) is 5.54 Å². The van der Waals surface area contributed by atoms with Crippen LogP contribution in [0.2, 0.25) is 0 Å². The van der Waals surface area contributed by atoms with Crippen LogP contribution in [0.4, 0.5) is 4.39 Å². The number of aromatic amines is 1. The van der Waals surface area contributed by atoms with Crippen LogP contribution in [-0.4, -0.2) is 41.3 Å². The van der Waals surface area contributed by atoms with E-state index in [0.717, 1.165) is 54.3 Å². The Hall–Kier alpha value is -3.70. The largest absolute Gasteiger partial charge is 0.356 e. The first-order valence-electron chi connectivity index (χ1n) is 14.4. The minimum absolute atomic E-state index is 0.112. The van der Waals surface area contributed by atoms with Gasteiger partial charge in [0, 0.05) is 34.8 Å². The molecule has 6 rings (SSSR count). The zero-order valence-electron chi connectivity index (χ0n) is 23.7. The standard InChI is InChI=1S/C35H38FN3O/c1-24(22-25-10-5-4-6-11-25)34(40)39-21-18-30-29-14-7-8-15-31(29)37-33(30)35(39)19-16-26(17-20-35)32(38(2)3)27-12-9-13-28(36)23-27/h4-15,22-23,26,32,37H,16-21H2,1-3H3. The van der Waals surface area contributed by atoms with Crippen molar-refractivity contribution in [1.82, 2.24) is 14.8 Å². The number of hydrogen-bond donors (Lipinski definition) is 1. The number of benzene rings is 3. The number of nitrogens with one attached hydrogen (secondary N) is 1. The van der Waals surface area contributed by atoms with Gasteiger partial charge in [0.2, 0.25) is 5.91 Å². The molecule has 0 bridgehead atoms. The average molecular weight is 536 g/mol. The Balaban J connectivity index is 1.37. The van der Waals surface area contributed by atoms with Gasteiger partial charge in [0.15, 0.2) is 0 Å². The van der Waals surface area contributed by atoms with Crippen LogP contribution in [0.1, 0.15) is 61.0 Å². The number of amides is 1. The Morgan fingerprint density at radius 1 is 1.02 bits per heavy atom. The van der Waals surface area contributed by atoms with E-state index in [-0.39, 0.29) is 23.3 Å². The summed E-state index contributed by atoms with van der Waals surface area (Å²) in [4.78, 5) is 22.4.